The number of hydrogen-bond donors (Lipinski definition) is 1. The van der Waals surface area contributed by atoms with Gasteiger partial charge in [-0.3, -0.25) is 0 Å². The summed E-state index contributed by atoms with van der Waals surface area (Å²) in [7, 11) is 5.87. The number of ether oxygens (including phenoxy) is 1. The number of benzene rings is 1. The predicted octanol–water partition coefficient (Wildman–Crippen LogP) is 2.19. The Labute approximate surface area is 97.4 Å². The van der Waals surface area contributed by atoms with Crippen LogP contribution in [0.2, 0.25) is 0 Å². The van der Waals surface area contributed by atoms with Crippen molar-refractivity contribution >= 4 is 5.69 Å². The van der Waals surface area contributed by atoms with Gasteiger partial charge in [0.25, 0.3) is 0 Å². The van der Waals surface area contributed by atoms with Gasteiger partial charge in [0, 0.05) is 31.4 Å². The zero-order chi connectivity index (χ0) is 11.5. The second-order valence-electron chi connectivity index (χ2n) is 4.47. The van der Waals surface area contributed by atoms with Crippen LogP contribution in [0.15, 0.2) is 18.2 Å². The first-order valence-corrected chi connectivity index (χ1v) is 5.81. The molecule has 0 amide bonds. The highest BCUT2D eigenvalue weighted by Crippen LogP contribution is 2.33. The topological polar surface area (TPSA) is 24.5 Å². The molecule has 0 saturated carbocycles. The van der Waals surface area contributed by atoms with E-state index in [4.69, 9.17) is 4.74 Å². The molecule has 2 rings (SSSR count). The van der Waals surface area contributed by atoms with Crippen molar-refractivity contribution in [1.82, 2.24) is 5.32 Å². The summed E-state index contributed by atoms with van der Waals surface area (Å²) >= 11 is 0. The SMILES string of the molecule is COc1ccc(N(C)C)cc1C1CCCN1. The van der Waals surface area contributed by atoms with Crippen molar-refractivity contribution < 1.29 is 4.74 Å². The molecule has 1 aliphatic heterocycles. The van der Waals surface area contributed by atoms with Gasteiger partial charge in [-0.2, -0.15) is 0 Å². The molecule has 0 bridgehead atoms. The number of hydrogen-bond acceptors (Lipinski definition) is 3. The van der Waals surface area contributed by atoms with Crippen molar-refractivity contribution in [2.45, 2.75) is 18.9 Å². The third-order valence-corrected chi connectivity index (χ3v) is 3.17. The summed E-state index contributed by atoms with van der Waals surface area (Å²) in [5, 5.41) is 3.52. The normalized spacial score (nSPS) is 19.8. The molecule has 88 valence electrons. The molecule has 1 atom stereocenters. The monoisotopic (exact) mass is 220 g/mol. The standard InChI is InChI=1S/C13H20N2O/c1-15(2)10-6-7-13(16-3)11(9-10)12-5-4-8-14-12/h6-7,9,12,14H,4-5,8H2,1-3H3. The van der Waals surface area contributed by atoms with Crippen molar-refractivity contribution in [3.8, 4) is 5.75 Å². The molecule has 0 aliphatic carbocycles. The van der Waals surface area contributed by atoms with Crippen LogP contribution in [0.1, 0.15) is 24.4 Å². The van der Waals surface area contributed by atoms with Crippen LogP contribution in [0, 0.1) is 0 Å². The number of anilines is 1. The molecule has 1 unspecified atom stereocenters. The first-order chi connectivity index (χ1) is 7.72. The molecule has 1 fully saturated rings. The Morgan fingerprint density at radius 3 is 2.75 bits per heavy atom. The number of methoxy groups -OCH3 is 1. The van der Waals surface area contributed by atoms with Crippen LogP contribution in [0.3, 0.4) is 0 Å². The molecule has 0 aromatic heterocycles. The highest BCUT2D eigenvalue weighted by atomic mass is 16.5. The minimum absolute atomic E-state index is 0.454. The maximum absolute atomic E-state index is 5.43. The van der Waals surface area contributed by atoms with E-state index in [9.17, 15) is 0 Å². The maximum atomic E-state index is 5.43. The molecule has 1 heterocycles. The van der Waals surface area contributed by atoms with Crippen LogP contribution in [0.4, 0.5) is 5.69 Å². The molecular weight excluding hydrogens is 200 g/mol. The Morgan fingerprint density at radius 2 is 2.19 bits per heavy atom. The minimum Gasteiger partial charge on any atom is -0.496 e. The fraction of sp³-hybridized carbons (Fsp3) is 0.538. The van der Waals surface area contributed by atoms with Crippen LogP contribution in [0.5, 0.6) is 5.75 Å². The average Bonchev–Trinajstić information content (AvgIpc) is 2.81. The highest BCUT2D eigenvalue weighted by Gasteiger charge is 2.20. The van der Waals surface area contributed by atoms with Gasteiger partial charge < -0.3 is 15.0 Å². The Kier molecular flexibility index (Phi) is 3.34. The summed E-state index contributed by atoms with van der Waals surface area (Å²) < 4.78 is 5.43. The van der Waals surface area contributed by atoms with Crippen molar-refractivity contribution in [2.24, 2.45) is 0 Å². The number of nitrogens with zero attached hydrogens (tertiary/aromatic N) is 1. The van der Waals surface area contributed by atoms with Crippen molar-refractivity contribution in [3.05, 3.63) is 23.8 Å². The van der Waals surface area contributed by atoms with Crippen LogP contribution in [-0.2, 0) is 0 Å². The van der Waals surface area contributed by atoms with E-state index >= 15 is 0 Å². The average molecular weight is 220 g/mol. The largest absolute Gasteiger partial charge is 0.496 e. The first kappa shape index (κ1) is 11.3. The Hall–Kier alpha value is -1.22. The lowest BCUT2D eigenvalue weighted by Crippen LogP contribution is -2.15. The van der Waals surface area contributed by atoms with Crippen LogP contribution >= 0.6 is 0 Å². The highest BCUT2D eigenvalue weighted by molar-refractivity contribution is 5.53. The van der Waals surface area contributed by atoms with Gasteiger partial charge in [0.2, 0.25) is 0 Å². The van der Waals surface area contributed by atoms with E-state index in [0.717, 1.165) is 12.3 Å². The molecule has 3 heteroatoms. The smallest absolute Gasteiger partial charge is 0.123 e. The summed E-state index contributed by atoms with van der Waals surface area (Å²) in [6.07, 6.45) is 2.45. The summed E-state index contributed by atoms with van der Waals surface area (Å²) in [6.45, 7) is 1.11. The fourth-order valence-corrected chi connectivity index (χ4v) is 2.22. The summed E-state index contributed by atoms with van der Waals surface area (Å²) in [5.41, 5.74) is 2.51. The van der Waals surface area contributed by atoms with E-state index in [-0.39, 0.29) is 0 Å². The maximum Gasteiger partial charge on any atom is 0.123 e. The zero-order valence-corrected chi connectivity index (χ0v) is 10.3. The Balaban J connectivity index is 2.34. The van der Waals surface area contributed by atoms with E-state index in [1.54, 1.807) is 7.11 Å². The second-order valence-corrected chi connectivity index (χ2v) is 4.47. The number of rotatable bonds is 3. The fourth-order valence-electron chi connectivity index (χ4n) is 2.22. The molecule has 1 aromatic carbocycles. The lowest BCUT2D eigenvalue weighted by molar-refractivity contribution is 0.403. The van der Waals surface area contributed by atoms with E-state index < -0.39 is 0 Å². The summed E-state index contributed by atoms with van der Waals surface area (Å²) in [5.74, 6) is 0.991. The molecular formula is C13H20N2O. The molecule has 0 radical (unpaired) electrons. The Bertz CT molecular complexity index is 357. The van der Waals surface area contributed by atoms with Crippen LogP contribution in [0.25, 0.3) is 0 Å². The van der Waals surface area contributed by atoms with Gasteiger partial charge in [-0.25, -0.2) is 0 Å². The van der Waals surface area contributed by atoms with Crippen molar-refractivity contribution in [1.29, 1.82) is 0 Å². The van der Waals surface area contributed by atoms with E-state index in [2.05, 4.69) is 42.5 Å². The van der Waals surface area contributed by atoms with Crippen molar-refractivity contribution in [2.75, 3.05) is 32.6 Å². The summed E-state index contributed by atoms with van der Waals surface area (Å²) in [6, 6.07) is 6.83. The second kappa shape index (κ2) is 4.74. The van der Waals surface area contributed by atoms with E-state index in [1.807, 2.05) is 0 Å². The first-order valence-electron chi connectivity index (χ1n) is 5.81. The quantitative estimate of drug-likeness (QED) is 0.845. The minimum atomic E-state index is 0.454. The van der Waals surface area contributed by atoms with Crippen LogP contribution in [-0.4, -0.2) is 27.7 Å². The van der Waals surface area contributed by atoms with E-state index in [1.165, 1.54) is 24.1 Å². The van der Waals surface area contributed by atoms with Gasteiger partial charge in [0.15, 0.2) is 0 Å². The van der Waals surface area contributed by atoms with Gasteiger partial charge >= 0.3 is 0 Å². The lowest BCUT2D eigenvalue weighted by Gasteiger charge is -2.19. The third kappa shape index (κ3) is 2.14. The molecule has 0 spiro atoms. The lowest BCUT2D eigenvalue weighted by atomic mass is 10.0. The zero-order valence-electron chi connectivity index (χ0n) is 10.3. The molecule has 3 nitrogen and oxygen atoms in total. The third-order valence-electron chi connectivity index (χ3n) is 3.17. The molecule has 1 aromatic rings. The summed E-state index contributed by atoms with van der Waals surface area (Å²) in [4.78, 5) is 2.12. The predicted molar refractivity (Wildman–Crippen MR) is 67.3 cm³/mol. The van der Waals surface area contributed by atoms with Gasteiger partial charge in [0.1, 0.15) is 5.75 Å². The van der Waals surface area contributed by atoms with Crippen molar-refractivity contribution in [3.63, 3.8) is 0 Å². The number of nitrogens with one attached hydrogen (secondary N) is 1. The van der Waals surface area contributed by atoms with Gasteiger partial charge in [0.05, 0.1) is 7.11 Å². The Morgan fingerprint density at radius 1 is 1.38 bits per heavy atom. The molecule has 1 N–H and O–H groups in total. The van der Waals surface area contributed by atoms with Gasteiger partial charge in [-0.1, -0.05) is 0 Å². The molecule has 16 heavy (non-hydrogen) atoms. The van der Waals surface area contributed by atoms with Gasteiger partial charge in [-0.05, 0) is 37.6 Å². The van der Waals surface area contributed by atoms with Gasteiger partial charge in [-0.15, -0.1) is 0 Å². The molecule has 1 aliphatic rings. The van der Waals surface area contributed by atoms with Crippen LogP contribution < -0.4 is 15.0 Å². The van der Waals surface area contributed by atoms with E-state index in [0.29, 0.717) is 6.04 Å². The molecule has 1 saturated heterocycles.